The molecule has 1 amide bonds. The number of amides is 1. The van der Waals surface area contributed by atoms with Crippen molar-refractivity contribution in [2.24, 2.45) is 5.92 Å². The van der Waals surface area contributed by atoms with Gasteiger partial charge in [0.1, 0.15) is 11.6 Å². The largest absolute Gasteiger partial charge is 0.349 e. The van der Waals surface area contributed by atoms with Gasteiger partial charge in [-0.2, -0.15) is 0 Å². The van der Waals surface area contributed by atoms with Gasteiger partial charge in [-0.1, -0.05) is 13.0 Å². The fourth-order valence-electron chi connectivity index (χ4n) is 5.28. The second kappa shape index (κ2) is 6.85. The summed E-state index contributed by atoms with van der Waals surface area (Å²) < 4.78 is 0. The van der Waals surface area contributed by atoms with Crippen molar-refractivity contribution in [3.63, 3.8) is 0 Å². The smallest absolute Gasteiger partial charge is 0.220 e. The minimum atomic E-state index is 0.0824. The molecule has 5 nitrogen and oxygen atoms in total. The summed E-state index contributed by atoms with van der Waals surface area (Å²) in [5.74, 6) is 3.26. The summed E-state index contributed by atoms with van der Waals surface area (Å²) >= 11 is 0. The van der Waals surface area contributed by atoms with Crippen LogP contribution in [0.5, 0.6) is 0 Å². The molecular weight excluding hydrogens is 362 g/mol. The van der Waals surface area contributed by atoms with Gasteiger partial charge >= 0.3 is 0 Å². The Labute approximate surface area is 170 Å². The van der Waals surface area contributed by atoms with Crippen molar-refractivity contribution < 1.29 is 9.59 Å². The van der Waals surface area contributed by atoms with Crippen molar-refractivity contribution in [2.75, 3.05) is 11.9 Å². The lowest BCUT2D eigenvalue weighted by Crippen LogP contribution is -2.43. The maximum atomic E-state index is 12.1. The minimum absolute atomic E-state index is 0.0824. The van der Waals surface area contributed by atoms with Gasteiger partial charge in [-0.3, -0.25) is 9.78 Å². The first-order valence-electron chi connectivity index (χ1n) is 10.5. The van der Waals surface area contributed by atoms with Gasteiger partial charge in [0, 0.05) is 43.5 Å². The topological polar surface area (TPSA) is 62.3 Å². The normalized spacial score (nSPS) is 24.1. The molecule has 1 aliphatic heterocycles. The van der Waals surface area contributed by atoms with Gasteiger partial charge in [0.2, 0.25) is 5.91 Å². The highest BCUT2D eigenvalue weighted by molar-refractivity contribution is 5.78. The zero-order valence-electron chi connectivity index (χ0n) is 16.9. The Hall–Kier alpha value is -2.91. The van der Waals surface area contributed by atoms with Gasteiger partial charge < -0.3 is 10.2 Å². The number of benzene rings is 1. The van der Waals surface area contributed by atoms with Crippen LogP contribution in [0.25, 0.3) is 11.1 Å². The highest BCUT2D eigenvalue weighted by Gasteiger charge is 2.45. The Kier molecular flexibility index (Phi) is 4.29. The van der Waals surface area contributed by atoms with Crippen molar-refractivity contribution in [3.05, 3.63) is 53.0 Å². The number of carbonyl (C=O) groups excluding carboxylic acids is 2. The number of allylic oxidation sites excluding steroid dienone is 1. The number of fused-ring (bicyclic) bond motifs is 1. The molecule has 6 rings (SSSR count). The van der Waals surface area contributed by atoms with Gasteiger partial charge in [-0.15, -0.1) is 0 Å². The lowest BCUT2D eigenvalue weighted by molar-refractivity contribution is -0.122. The van der Waals surface area contributed by atoms with E-state index in [1.165, 1.54) is 27.8 Å². The number of aromatic nitrogens is 1. The number of rotatable bonds is 3. The van der Waals surface area contributed by atoms with Crippen LogP contribution in [0, 0.1) is 5.92 Å². The van der Waals surface area contributed by atoms with E-state index < -0.39 is 0 Å². The van der Waals surface area contributed by atoms with E-state index in [0.717, 1.165) is 31.4 Å². The Morgan fingerprint density at radius 2 is 2.10 bits per heavy atom. The number of nitrogens with zero attached hydrogens (tertiary/aromatic N) is 2. The molecule has 2 bridgehead atoms. The van der Waals surface area contributed by atoms with Gasteiger partial charge in [0.15, 0.2) is 0 Å². The monoisotopic (exact) mass is 387 g/mol. The van der Waals surface area contributed by atoms with Crippen LogP contribution in [0.3, 0.4) is 0 Å². The van der Waals surface area contributed by atoms with Crippen LogP contribution < -0.4 is 10.2 Å². The van der Waals surface area contributed by atoms with E-state index in [1.807, 2.05) is 31.3 Å². The SMILES string of the molecule is CCC(=O)NC1c2cncc(-c3ccc4c(c3)CCC(=C=O)N4C)c2C2CC1C2. The van der Waals surface area contributed by atoms with E-state index in [0.29, 0.717) is 24.0 Å². The molecule has 0 radical (unpaired) electrons. The molecule has 0 spiro atoms. The summed E-state index contributed by atoms with van der Waals surface area (Å²) in [6.07, 6.45) is 8.27. The zero-order chi connectivity index (χ0) is 20.1. The molecule has 1 N–H and O–H groups in total. The van der Waals surface area contributed by atoms with E-state index >= 15 is 0 Å². The molecule has 2 heterocycles. The molecule has 0 saturated heterocycles. The first-order chi connectivity index (χ1) is 14.1. The van der Waals surface area contributed by atoms with E-state index in [-0.39, 0.29) is 11.9 Å². The van der Waals surface area contributed by atoms with Gasteiger partial charge in [-0.05, 0) is 65.5 Å². The average molecular weight is 387 g/mol. The first-order valence-corrected chi connectivity index (χ1v) is 10.5. The predicted octanol–water partition coefficient (Wildman–Crippen LogP) is 3.92. The fraction of sp³-hybridized carbons (Fsp3) is 0.417. The van der Waals surface area contributed by atoms with Crippen molar-refractivity contribution in [2.45, 2.75) is 51.0 Å². The van der Waals surface area contributed by atoms with E-state index in [9.17, 15) is 9.59 Å². The molecule has 1 saturated carbocycles. The fourth-order valence-corrected chi connectivity index (χ4v) is 5.28. The third kappa shape index (κ3) is 2.80. The average Bonchev–Trinajstić information content (AvgIpc) is 2.72. The third-order valence-corrected chi connectivity index (χ3v) is 6.95. The molecule has 1 aromatic heterocycles. The highest BCUT2D eigenvalue weighted by Crippen LogP contribution is 2.57. The van der Waals surface area contributed by atoms with E-state index in [2.05, 4.69) is 34.4 Å². The molecule has 148 valence electrons. The summed E-state index contributed by atoms with van der Waals surface area (Å²) in [4.78, 5) is 29.7. The van der Waals surface area contributed by atoms with Gasteiger partial charge in [-0.25, -0.2) is 4.79 Å². The summed E-state index contributed by atoms with van der Waals surface area (Å²) in [6.45, 7) is 1.90. The van der Waals surface area contributed by atoms with Crippen LogP contribution in [0.1, 0.15) is 61.3 Å². The molecule has 1 unspecified atom stereocenters. The highest BCUT2D eigenvalue weighted by atomic mass is 16.1. The lowest BCUT2D eigenvalue weighted by atomic mass is 9.59. The number of pyridine rings is 1. The van der Waals surface area contributed by atoms with Crippen LogP contribution in [0.2, 0.25) is 0 Å². The Morgan fingerprint density at radius 3 is 2.86 bits per heavy atom. The van der Waals surface area contributed by atoms with Crippen molar-refractivity contribution in [1.82, 2.24) is 10.3 Å². The van der Waals surface area contributed by atoms with Crippen molar-refractivity contribution in [1.29, 1.82) is 0 Å². The van der Waals surface area contributed by atoms with E-state index in [1.54, 1.807) is 0 Å². The quantitative estimate of drug-likeness (QED) is 0.811. The van der Waals surface area contributed by atoms with Crippen molar-refractivity contribution in [3.8, 4) is 11.1 Å². The maximum Gasteiger partial charge on any atom is 0.220 e. The maximum absolute atomic E-state index is 12.1. The molecule has 1 fully saturated rings. The number of hydrogen-bond donors (Lipinski definition) is 1. The molecule has 1 aromatic carbocycles. The molecular formula is C24H25N3O2. The summed E-state index contributed by atoms with van der Waals surface area (Å²) in [7, 11) is 1.93. The third-order valence-electron chi connectivity index (χ3n) is 6.95. The minimum Gasteiger partial charge on any atom is -0.349 e. The van der Waals surface area contributed by atoms with E-state index in [4.69, 9.17) is 0 Å². The van der Waals surface area contributed by atoms with Crippen molar-refractivity contribution >= 4 is 17.5 Å². The Bertz CT molecular complexity index is 1050. The second-order valence-electron chi connectivity index (χ2n) is 8.47. The number of anilines is 1. The standard InChI is InChI=1S/C24H25N3O2/c1-3-22(29)26-24-17-9-16(10-17)23-19(11-25-12-20(23)24)14-5-7-21-15(8-14)4-6-18(13-28)27(21)2/h5,7-8,11-12,16-17,24H,3-4,6,9-10H2,1-2H3,(H,26,29). The van der Waals surface area contributed by atoms with Crippen LogP contribution in [0.15, 0.2) is 36.3 Å². The Morgan fingerprint density at radius 1 is 1.28 bits per heavy atom. The Balaban J connectivity index is 1.56. The lowest BCUT2D eigenvalue weighted by Gasteiger charge is -2.48. The second-order valence-corrected chi connectivity index (χ2v) is 8.47. The summed E-state index contributed by atoms with van der Waals surface area (Å²) in [6, 6.07) is 6.56. The van der Waals surface area contributed by atoms with Crippen LogP contribution in [0.4, 0.5) is 5.69 Å². The number of aryl methyl sites for hydroxylation is 1. The molecule has 1 atom stereocenters. The number of carbonyl (C=O) groups is 1. The van der Waals surface area contributed by atoms with Crippen LogP contribution >= 0.6 is 0 Å². The molecule has 5 heteroatoms. The number of hydrogen-bond acceptors (Lipinski definition) is 4. The van der Waals surface area contributed by atoms with Crippen LogP contribution in [-0.4, -0.2) is 23.9 Å². The van der Waals surface area contributed by atoms with Gasteiger partial charge in [0.05, 0.1) is 6.04 Å². The zero-order valence-corrected chi connectivity index (χ0v) is 16.9. The molecule has 2 aromatic rings. The first kappa shape index (κ1) is 18.1. The molecule has 3 aliphatic carbocycles. The summed E-state index contributed by atoms with van der Waals surface area (Å²) in [5.41, 5.74) is 7.94. The molecule has 29 heavy (non-hydrogen) atoms. The number of nitrogens with one attached hydrogen (secondary N) is 1. The predicted molar refractivity (Wildman–Crippen MR) is 112 cm³/mol. The van der Waals surface area contributed by atoms with Crippen LogP contribution in [-0.2, 0) is 16.0 Å². The summed E-state index contributed by atoms with van der Waals surface area (Å²) in [5, 5.41) is 3.23. The van der Waals surface area contributed by atoms with Gasteiger partial charge in [0.25, 0.3) is 0 Å². The molecule has 4 aliphatic rings.